The van der Waals surface area contributed by atoms with Crippen LogP contribution in [0.15, 0.2) is 6.20 Å². The van der Waals surface area contributed by atoms with Crippen molar-refractivity contribution in [1.82, 2.24) is 15.1 Å². The fraction of sp³-hybridized carbons (Fsp3) is 0.769. The van der Waals surface area contributed by atoms with Crippen LogP contribution in [0.2, 0.25) is 0 Å². The Hall–Kier alpha value is -0.870. The van der Waals surface area contributed by atoms with E-state index in [2.05, 4.69) is 44.3 Å². The van der Waals surface area contributed by atoms with Gasteiger partial charge in [0, 0.05) is 25.4 Å². The van der Waals surface area contributed by atoms with Crippen molar-refractivity contribution in [1.29, 1.82) is 0 Å². The standard InChI is InChI=1S/C13H25N3O/c1-10(2)6-14-7-13-8-16(15-12(13)4)11(3)9-17-5/h8,10-11,14H,6-7,9H2,1-5H3. The minimum atomic E-state index is 0.289. The Labute approximate surface area is 104 Å². The van der Waals surface area contributed by atoms with Gasteiger partial charge in [0.15, 0.2) is 0 Å². The molecule has 0 spiro atoms. The van der Waals surface area contributed by atoms with Gasteiger partial charge in [-0.15, -0.1) is 0 Å². The van der Waals surface area contributed by atoms with Crippen LogP contribution in [0.1, 0.15) is 38.1 Å². The molecule has 0 aliphatic rings. The van der Waals surface area contributed by atoms with Gasteiger partial charge in [0.25, 0.3) is 0 Å². The first kappa shape index (κ1) is 14.2. The molecule has 0 aromatic carbocycles. The molecule has 0 saturated heterocycles. The summed E-state index contributed by atoms with van der Waals surface area (Å²) in [6, 6.07) is 0.289. The number of nitrogens with zero attached hydrogens (tertiary/aromatic N) is 2. The van der Waals surface area contributed by atoms with Gasteiger partial charge in [0.05, 0.1) is 18.3 Å². The lowest BCUT2D eigenvalue weighted by Crippen LogP contribution is -2.19. The first-order valence-corrected chi connectivity index (χ1v) is 6.28. The third-order valence-corrected chi connectivity index (χ3v) is 2.75. The molecule has 4 nitrogen and oxygen atoms in total. The predicted molar refractivity (Wildman–Crippen MR) is 70.1 cm³/mol. The Morgan fingerprint density at radius 2 is 2.12 bits per heavy atom. The number of aromatic nitrogens is 2. The molecular weight excluding hydrogens is 214 g/mol. The van der Waals surface area contributed by atoms with Crippen molar-refractivity contribution < 1.29 is 4.74 Å². The van der Waals surface area contributed by atoms with Gasteiger partial charge in [-0.3, -0.25) is 4.68 Å². The second-order valence-electron chi connectivity index (χ2n) is 5.05. The van der Waals surface area contributed by atoms with E-state index in [0.29, 0.717) is 12.5 Å². The van der Waals surface area contributed by atoms with Gasteiger partial charge in [0.2, 0.25) is 0 Å². The van der Waals surface area contributed by atoms with Crippen molar-refractivity contribution in [2.75, 3.05) is 20.3 Å². The van der Waals surface area contributed by atoms with Gasteiger partial charge in [0.1, 0.15) is 0 Å². The quantitative estimate of drug-likeness (QED) is 0.792. The monoisotopic (exact) mass is 239 g/mol. The average Bonchev–Trinajstić information content (AvgIpc) is 2.60. The number of nitrogens with one attached hydrogen (secondary N) is 1. The number of methoxy groups -OCH3 is 1. The fourth-order valence-corrected chi connectivity index (χ4v) is 1.73. The van der Waals surface area contributed by atoms with Crippen LogP contribution in [0.5, 0.6) is 0 Å². The molecule has 4 heteroatoms. The van der Waals surface area contributed by atoms with E-state index in [4.69, 9.17) is 4.74 Å². The summed E-state index contributed by atoms with van der Waals surface area (Å²) in [6.07, 6.45) is 2.12. The van der Waals surface area contributed by atoms with Crippen molar-refractivity contribution in [2.45, 2.75) is 40.3 Å². The summed E-state index contributed by atoms with van der Waals surface area (Å²) in [7, 11) is 1.72. The van der Waals surface area contributed by atoms with Crippen LogP contribution in [0.4, 0.5) is 0 Å². The Morgan fingerprint density at radius 1 is 1.41 bits per heavy atom. The molecule has 1 atom stereocenters. The van der Waals surface area contributed by atoms with Gasteiger partial charge >= 0.3 is 0 Å². The highest BCUT2D eigenvalue weighted by Gasteiger charge is 2.09. The van der Waals surface area contributed by atoms with Gasteiger partial charge in [-0.1, -0.05) is 13.8 Å². The molecule has 1 aromatic heterocycles. The van der Waals surface area contributed by atoms with Crippen molar-refractivity contribution in [3.63, 3.8) is 0 Å². The summed E-state index contributed by atoms with van der Waals surface area (Å²) >= 11 is 0. The summed E-state index contributed by atoms with van der Waals surface area (Å²) in [5, 5.41) is 7.97. The molecule has 1 rings (SSSR count). The summed E-state index contributed by atoms with van der Waals surface area (Å²) in [5.41, 5.74) is 2.37. The molecule has 98 valence electrons. The topological polar surface area (TPSA) is 39.1 Å². The van der Waals surface area contributed by atoms with Gasteiger partial charge in [-0.05, 0) is 26.3 Å². The second kappa shape index (κ2) is 6.77. The van der Waals surface area contributed by atoms with Crippen LogP contribution < -0.4 is 5.32 Å². The molecule has 0 amide bonds. The van der Waals surface area contributed by atoms with Crippen LogP contribution in [-0.2, 0) is 11.3 Å². The molecular formula is C13H25N3O. The van der Waals surface area contributed by atoms with Crippen LogP contribution in [0.25, 0.3) is 0 Å². The summed E-state index contributed by atoms with van der Waals surface area (Å²) in [5.74, 6) is 0.678. The average molecular weight is 239 g/mol. The SMILES string of the molecule is COCC(C)n1cc(CNCC(C)C)c(C)n1. The highest BCUT2D eigenvalue weighted by molar-refractivity contribution is 5.15. The van der Waals surface area contributed by atoms with E-state index in [1.54, 1.807) is 7.11 Å². The Kier molecular flexibility index (Phi) is 5.65. The van der Waals surface area contributed by atoms with Crippen molar-refractivity contribution in [2.24, 2.45) is 5.92 Å². The van der Waals surface area contributed by atoms with E-state index >= 15 is 0 Å². The minimum absolute atomic E-state index is 0.289. The third kappa shape index (κ3) is 4.48. The fourth-order valence-electron chi connectivity index (χ4n) is 1.73. The van der Waals surface area contributed by atoms with E-state index in [1.807, 2.05) is 4.68 Å². The molecule has 1 aromatic rings. The maximum atomic E-state index is 5.14. The van der Waals surface area contributed by atoms with Crippen LogP contribution in [0, 0.1) is 12.8 Å². The van der Waals surface area contributed by atoms with E-state index in [1.165, 1.54) is 5.56 Å². The lowest BCUT2D eigenvalue weighted by atomic mass is 10.2. The molecule has 0 saturated carbocycles. The molecule has 0 bridgehead atoms. The van der Waals surface area contributed by atoms with Crippen molar-refractivity contribution in [3.8, 4) is 0 Å². The molecule has 1 N–H and O–H groups in total. The molecule has 0 aliphatic carbocycles. The number of aryl methyl sites for hydroxylation is 1. The Bertz CT molecular complexity index is 333. The normalized spacial score (nSPS) is 13.3. The van der Waals surface area contributed by atoms with Gasteiger partial charge in [-0.2, -0.15) is 5.10 Å². The first-order chi connectivity index (χ1) is 8.04. The smallest absolute Gasteiger partial charge is 0.0724 e. The molecule has 0 aliphatic heterocycles. The molecule has 1 heterocycles. The largest absolute Gasteiger partial charge is 0.382 e. The number of rotatable bonds is 7. The third-order valence-electron chi connectivity index (χ3n) is 2.75. The molecule has 0 fully saturated rings. The number of ether oxygens (including phenoxy) is 1. The number of hydrogen-bond acceptors (Lipinski definition) is 3. The lowest BCUT2D eigenvalue weighted by Gasteiger charge is -2.10. The van der Waals surface area contributed by atoms with E-state index in [-0.39, 0.29) is 6.04 Å². The minimum Gasteiger partial charge on any atom is -0.382 e. The summed E-state index contributed by atoms with van der Waals surface area (Å²) in [4.78, 5) is 0. The highest BCUT2D eigenvalue weighted by Crippen LogP contribution is 2.11. The summed E-state index contributed by atoms with van der Waals surface area (Å²) in [6.45, 7) is 11.2. The van der Waals surface area contributed by atoms with Crippen LogP contribution in [-0.4, -0.2) is 30.0 Å². The van der Waals surface area contributed by atoms with Crippen molar-refractivity contribution in [3.05, 3.63) is 17.5 Å². The first-order valence-electron chi connectivity index (χ1n) is 6.28. The molecule has 17 heavy (non-hydrogen) atoms. The van der Waals surface area contributed by atoms with E-state index in [0.717, 1.165) is 18.8 Å². The Balaban J connectivity index is 2.55. The highest BCUT2D eigenvalue weighted by atomic mass is 16.5. The second-order valence-corrected chi connectivity index (χ2v) is 5.05. The molecule has 1 unspecified atom stereocenters. The predicted octanol–water partition coefficient (Wildman–Crippen LogP) is 2.14. The van der Waals surface area contributed by atoms with Crippen LogP contribution >= 0.6 is 0 Å². The lowest BCUT2D eigenvalue weighted by molar-refractivity contribution is 0.157. The molecule has 0 radical (unpaired) electrons. The number of hydrogen-bond donors (Lipinski definition) is 1. The Morgan fingerprint density at radius 3 is 2.71 bits per heavy atom. The van der Waals surface area contributed by atoms with E-state index in [9.17, 15) is 0 Å². The summed E-state index contributed by atoms with van der Waals surface area (Å²) < 4.78 is 7.13. The maximum Gasteiger partial charge on any atom is 0.0724 e. The van der Waals surface area contributed by atoms with Gasteiger partial charge < -0.3 is 10.1 Å². The van der Waals surface area contributed by atoms with Gasteiger partial charge in [-0.25, -0.2) is 0 Å². The zero-order valence-electron chi connectivity index (χ0n) is 11.7. The zero-order valence-corrected chi connectivity index (χ0v) is 11.7. The van der Waals surface area contributed by atoms with Crippen molar-refractivity contribution >= 4 is 0 Å². The van der Waals surface area contributed by atoms with Crippen LogP contribution in [0.3, 0.4) is 0 Å². The zero-order chi connectivity index (χ0) is 12.8. The van der Waals surface area contributed by atoms with E-state index < -0.39 is 0 Å². The maximum absolute atomic E-state index is 5.14.